The highest BCUT2D eigenvalue weighted by Gasteiger charge is 2.32. The van der Waals surface area contributed by atoms with E-state index in [0.29, 0.717) is 6.04 Å². The monoisotopic (exact) mass is 199 g/mol. The topological polar surface area (TPSA) is 49.6 Å². The number of nitrogens with zero attached hydrogens (tertiary/aromatic N) is 2. The van der Waals surface area contributed by atoms with Gasteiger partial charge >= 0.3 is 6.03 Å². The van der Waals surface area contributed by atoms with Crippen molar-refractivity contribution in [3.8, 4) is 0 Å². The van der Waals surface area contributed by atoms with Gasteiger partial charge in [-0.3, -0.25) is 0 Å². The lowest BCUT2D eigenvalue weighted by atomic mass is 9.96. The number of nitrogens with two attached hydrogens (primary N) is 1. The van der Waals surface area contributed by atoms with Crippen LogP contribution in [0.25, 0.3) is 0 Å². The van der Waals surface area contributed by atoms with E-state index in [0.717, 1.165) is 25.8 Å². The summed E-state index contributed by atoms with van der Waals surface area (Å²) >= 11 is 0. The highest BCUT2D eigenvalue weighted by molar-refractivity contribution is 5.75. The van der Waals surface area contributed by atoms with Gasteiger partial charge in [0.1, 0.15) is 0 Å². The van der Waals surface area contributed by atoms with Gasteiger partial charge in [-0.2, -0.15) is 0 Å². The zero-order valence-corrected chi connectivity index (χ0v) is 9.36. The summed E-state index contributed by atoms with van der Waals surface area (Å²) < 4.78 is 0. The van der Waals surface area contributed by atoms with Crippen LogP contribution in [-0.2, 0) is 0 Å². The van der Waals surface area contributed by atoms with Crippen molar-refractivity contribution in [2.24, 2.45) is 5.73 Å². The lowest BCUT2D eigenvalue weighted by molar-refractivity contribution is 0.0888. The zero-order chi connectivity index (χ0) is 10.7. The zero-order valence-electron chi connectivity index (χ0n) is 9.36. The molecule has 1 saturated heterocycles. The van der Waals surface area contributed by atoms with E-state index < -0.39 is 0 Å². The van der Waals surface area contributed by atoms with Crippen molar-refractivity contribution in [3.63, 3.8) is 0 Å². The Balaban J connectivity index is 2.31. The first-order chi connectivity index (χ1) is 6.52. The van der Waals surface area contributed by atoms with Crippen LogP contribution >= 0.6 is 0 Å². The number of carbonyl (C=O) groups is 1. The first-order valence-corrected chi connectivity index (χ1v) is 5.26. The quantitative estimate of drug-likeness (QED) is 0.733. The molecule has 0 saturated carbocycles. The van der Waals surface area contributed by atoms with Gasteiger partial charge in [-0.25, -0.2) is 4.79 Å². The molecule has 0 aromatic carbocycles. The highest BCUT2D eigenvalue weighted by Crippen LogP contribution is 2.23. The van der Waals surface area contributed by atoms with E-state index in [1.54, 1.807) is 19.0 Å². The van der Waals surface area contributed by atoms with Gasteiger partial charge in [-0.05, 0) is 26.2 Å². The second-order valence-electron chi connectivity index (χ2n) is 4.37. The van der Waals surface area contributed by atoms with Crippen molar-refractivity contribution < 1.29 is 4.79 Å². The molecule has 1 rings (SSSR count). The average Bonchev–Trinajstić information content (AvgIpc) is 2.01. The molecule has 0 spiro atoms. The van der Waals surface area contributed by atoms with Crippen LogP contribution in [0.2, 0.25) is 0 Å². The van der Waals surface area contributed by atoms with E-state index in [-0.39, 0.29) is 12.1 Å². The van der Waals surface area contributed by atoms with Crippen LogP contribution in [0.5, 0.6) is 0 Å². The number of likely N-dealkylation sites (tertiary alicyclic amines) is 1. The summed E-state index contributed by atoms with van der Waals surface area (Å²) in [6.07, 6.45) is 3.17. The van der Waals surface area contributed by atoms with Crippen LogP contribution in [0.1, 0.15) is 26.2 Å². The van der Waals surface area contributed by atoms with E-state index in [9.17, 15) is 4.79 Å². The molecule has 1 fully saturated rings. The largest absolute Gasteiger partial charge is 0.331 e. The maximum absolute atomic E-state index is 11.6. The normalized spacial score (nSPS) is 22.9. The Bertz CT molecular complexity index is 204. The molecule has 4 nitrogen and oxygen atoms in total. The van der Waals surface area contributed by atoms with Crippen LogP contribution in [0.4, 0.5) is 4.79 Å². The molecule has 1 heterocycles. The van der Waals surface area contributed by atoms with Gasteiger partial charge in [0.05, 0.1) is 0 Å². The third-order valence-electron chi connectivity index (χ3n) is 2.73. The Kier molecular flexibility index (Phi) is 3.75. The van der Waals surface area contributed by atoms with Gasteiger partial charge in [0.2, 0.25) is 0 Å². The van der Waals surface area contributed by atoms with E-state index in [4.69, 9.17) is 5.73 Å². The summed E-state index contributed by atoms with van der Waals surface area (Å²) in [6.45, 7) is 2.91. The lowest BCUT2D eigenvalue weighted by Crippen LogP contribution is -2.54. The smallest absolute Gasteiger partial charge is 0.319 e. The first-order valence-electron chi connectivity index (χ1n) is 5.26. The Morgan fingerprint density at radius 3 is 2.64 bits per heavy atom. The summed E-state index contributed by atoms with van der Waals surface area (Å²) in [5, 5.41) is 0. The summed E-state index contributed by atoms with van der Waals surface area (Å²) in [7, 11) is 3.59. The third-order valence-corrected chi connectivity index (χ3v) is 2.73. The molecule has 0 aliphatic carbocycles. The predicted octanol–water partition coefficient (Wildman–Crippen LogP) is 0.870. The van der Waals surface area contributed by atoms with E-state index >= 15 is 0 Å². The number of hydrogen-bond acceptors (Lipinski definition) is 2. The summed E-state index contributed by atoms with van der Waals surface area (Å²) in [5.74, 6) is 0. The Morgan fingerprint density at radius 1 is 1.64 bits per heavy atom. The van der Waals surface area contributed by atoms with Crippen molar-refractivity contribution in [3.05, 3.63) is 0 Å². The van der Waals surface area contributed by atoms with Crippen molar-refractivity contribution in [2.45, 2.75) is 38.3 Å². The molecule has 2 amide bonds. The van der Waals surface area contributed by atoms with Crippen LogP contribution in [-0.4, -0.2) is 48.6 Å². The number of carbonyl (C=O) groups excluding carboxylic acids is 1. The molecule has 0 bridgehead atoms. The van der Waals surface area contributed by atoms with Gasteiger partial charge in [-0.1, -0.05) is 0 Å². The standard InChI is InChI=1S/C10H21N3O/c1-8(11)4-5-9-6-7-13(9)10(14)12(2)3/h8-9H,4-7,11H2,1-3H3. The fourth-order valence-electron chi connectivity index (χ4n) is 1.70. The Morgan fingerprint density at radius 2 is 2.29 bits per heavy atom. The van der Waals surface area contributed by atoms with Crippen LogP contribution in [0, 0.1) is 0 Å². The number of hydrogen-bond donors (Lipinski definition) is 1. The van der Waals surface area contributed by atoms with E-state index in [1.165, 1.54) is 0 Å². The SMILES string of the molecule is CC(N)CCC1CCN1C(=O)N(C)C. The van der Waals surface area contributed by atoms with Gasteiger partial charge < -0.3 is 15.5 Å². The number of rotatable bonds is 3. The minimum atomic E-state index is 0.130. The second kappa shape index (κ2) is 4.64. The molecule has 0 radical (unpaired) electrons. The lowest BCUT2D eigenvalue weighted by Gasteiger charge is -2.42. The van der Waals surface area contributed by atoms with Crippen molar-refractivity contribution in [1.29, 1.82) is 0 Å². The molecular weight excluding hydrogens is 178 g/mol. The molecule has 4 heteroatoms. The molecule has 0 aromatic rings. The molecule has 2 N–H and O–H groups in total. The van der Waals surface area contributed by atoms with Gasteiger partial charge in [0.25, 0.3) is 0 Å². The van der Waals surface area contributed by atoms with Crippen molar-refractivity contribution >= 4 is 6.03 Å². The van der Waals surface area contributed by atoms with Gasteiger partial charge in [-0.15, -0.1) is 0 Å². The molecule has 14 heavy (non-hydrogen) atoms. The van der Waals surface area contributed by atoms with Gasteiger partial charge in [0.15, 0.2) is 0 Å². The molecular formula is C10H21N3O. The highest BCUT2D eigenvalue weighted by atomic mass is 16.2. The first kappa shape index (κ1) is 11.3. The van der Waals surface area contributed by atoms with Crippen molar-refractivity contribution in [1.82, 2.24) is 9.80 Å². The van der Waals surface area contributed by atoms with Crippen molar-refractivity contribution in [2.75, 3.05) is 20.6 Å². The van der Waals surface area contributed by atoms with Crippen LogP contribution in [0.3, 0.4) is 0 Å². The molecule has 2 atom stereocenters. The minimum absolute atomic E-state index is 0.130. The predicted molar refractivity (Wildman–Crippen MR) is 57.1 cm³/mol. The molecule has 1 aliphatic heterocycles. The average molecular weight is 199 g/mol. The summed E-state index contributed by atoms with van der Waals surface area (Å²) in [5.41, 5.74) is 5.69. The maximum atomic E-state index is 11.6. The van der Waals surface area contributed by atoms with Crippen LogP contribution in [0.15, 0.2) is 0 Å². The van der Waals surface area contributed by atoms with Gasteiger partial charge in [0, 0.05) is 32.7 Å². The fourth-order valence-corrected chi connectivity index (χ4v) is 1.70. The summed E-state index contributed by atoms with van der Waals surface area (Å²) in [6, 6.07) is 0.800. The van der Waals surface area contributed by atoms with Crippen LogP contribution < -0.4 is 5.73 Å². The Hall–Kier alpha value is -0.770. The molecule has 2 unspecified atom stereocenters. The van der Waals surface area contributed by atoms with E-state index in [1.807, 2.05) is 11.8 Å². The fraction of sp³-hybridized carbons (Fsp3) is 0.900. The minimum Gasteiger partial charge on any atom is -0.331 e. The molecule has 0 aromatic heterocycles. The van der Waals surface area contributed by atoms with E-state index in [2.05, 4.69) is 0 Å². The summed E-state index contributed by atoms with van der Waals surface area (Å²) in [4.78, 5) is 15.2. The third kappa shape index (κ3) is 2.61. The maximum Gasteiger partial charge on any atom is 0.319 e. The molecule has 82 valence electrons. The number of amides is 2. The Labute approximate surface area is 86.0 Å². The number of urea groups is 1. The second-order valence-corrected chi connectivity index (χ2v) is 4.37. The molecule has 1 aliphatic rings.